The van der Waals surface area contributed by atoms with E-state index in [2.05, 4.69) is 37.5 Å². The van der Waals surface area contributed by atoms with E-state index in [4.69, 9.17) is 5.73 Å². The van der Waals surface area contributed by atoms with Crippen LogP contribution in [0, 0.1) is 5.41 Å². The smallest absolute Gasteiger partial charge is 0.0113 e. The van der Waals surface area contributed by atoms with Gasteiger partial charge in [-0.15, -0.1) is 0 Å². The molecule has 0 aromatic carbocycles. The summed E-state index contributed by atoms with van der Waals surface area (Å²) in [7, 11) is 0. The van der Waals surface area contributed by atoms with Gasteiger partial charge in [0.2, 0.25) is 0 Å². The van der Waals surface area contributed by atoms with E-state index >= 15 is 0 Å². The van der Waals surface area contributed by atoms with Crippen molar-refractivity contribution < 1.29 is 0 Å². The first-order valence-electron chi connectivity index (χ1n) is 7.61. The molecule has 3 nitrogen and oxygen atoms in total. The van der Waals surface area contributed by atoms with Crippen molar-refractivity contribution in [2.75, 3.05) is 39.3 Å². The Kier molecular flexibility index (Phi) is 6.61. The van der Waals surface area contributed by atoms with Crippen molar-refractivity contribution >= 4 is 0 Å². The highest BCUT2D eigenvalue weighted by Crippen LogP contribution is 2.26. The van der Waals surface area contributed by atoms with Gasteiger partial charge in [0, 0.05) is 32.2 Å². The van der Waals surface area contributed by atoms with Crippen LogP contribution in [0.1, 0.15) is 47.0 Å². The Bertz CT molecular complexity index is 218. The fourth-order valence-corrected chi connectivity index (χ4v) is 2.80. The van der Waals surface area contributed by atoms with Gasteiger partial charge in [-0.3, -0.25) is 4.90 Å². The molecular formula is C15H33N3. The molecule has 0 aromatic heterocycles. The maximum Gasteiger partial charge on any atom is 0.0113 e. The van der Waals surface area contributed by atoms with Crippen molar-refractivity contribution in [2.24, 2.45) is 11.1 Å². The molecule has 1 fully saturated rings. The second-order valence-electron chi connectivity index (χ2n) is 6.78. The first-order chi connectivity index (χ1) is 8.44. The lowest BCUT2D eigenvalue weighted by atomic mass is 9.84. The molecule has 0 atom stereocenters. The van der Waals surface area contributed by atoms with E-state index in [0.717, 1.165) is 13.0 Å². The Morgan fingerprint density at radius 2 is 1.67 bits per heavy atom. The van der Waals surface area contributed by atoms with Gasteiger partial charge in [0.1, 0.15) is 0 Å². The summed E-state index contributed by atoms with van der Waals surface area (Å²) in [4.78, 5) is 5.20. The van der Waals surface area contributed by atoms with E-state index in [0.29, 0.717) is 11.5 Å². The molecule has 0 unspecified atom stereocenters. The quantitative estimate of drug-likeness (QED) is 0.757. The Balaban J connectivity index is 2.14. The van der Waals surface area contributed by atoms with Crippen molar-refractivity contribution in [2.45, 2.75) is 53.0 Å². The molecule has 0 radical (unpaired) electrons. The molecule has 0 spiro atoms. The van der Waals surface area contributed by atoms with E-state index < -0.39 is 0 Å². The lowest BCUT2D eigenvalue weighted by molar-refractivity contribution is 0.104. The molecule has 1 rings (SSSR count). The van der Waals surface area contributed by atoms with Crippen LogP contribution in [0.4, 0.5) is 0 Å². The van der Waals surface area contributed by atoms with E-state index in [1.807, 2.05) is 0 Å². The van der Waals surface area contributed by atoms with Gasteiger partial charge in [0.15, 0.2) is 0 Å². The van der Waals surface area contributed by atoms with E-state index in [1.54, 1.807) is 0 Å². The topological polar surface area (TPSA) is 32.5 Å². The normalized spacial score (nSPS) is 19.7. The van der Waals surface area contributed by atoms with Crippen LogP contribution in [0.3, 0.4) is 0 Å². The summed E-state index contributed by atoms with van der Waals surface area (Å²) in [6.45, 7) is 16.3. The summed E-state index contributed by atoms with van der Waals surface area (Å²) in [6.07, 6.45) is 3.76. The average Bonchev–Trinajstić information content (AvgIpc) is 2.29. The van der Waals surface area contributed by atoms with E-state index in [-0.39, 0.29) is 0 Å². The fraction of sp³-hybridized carbons (Fsp3) is 1.00. The summed E-state index contributed by atoms with van der Waals surface area (Å²) < 4.78 is 0. The maximum atomic E-state index is 5.66. The van der Waals surface area contributed by atoms with Gasteiger partial charge in [-0.2, -0.15) is 0 Å². The SMILES string of the molecule is CC(C)N1CCN(CCCC(C)(C)CCN)CC1. The van der Waals surface area contributed by atoms with Crippen LogP contribution in [0.25, 0.3) is 0 Å². The Morgan fingerprint density at radius 3 is 2.17 bits per heavy atom. The van der Waals surface area contributed by atoms with Gasteiger partial charge in [-0.25, -0.2) is 0 Å². The molecule has 18 heavy (non-hydrogen) atoms. The highest BCUT2D eigenvalue weighted by molar-refractivity contribution is 4.75. The zero-order valence-corrected chi connectivity index (χ0v) is 12.9. The number of piperazine rings is 1. The van der Waals surface area contributed by atoms with E-state index in [9.17, 15) is 0 Å². The second-order valence-corrected chi connectivity index (χ2v) is 6.78. The first kappa shape index (κ1) is 15.9. The Morgan fingerprint density at radius 1 is 1.06 bits per heavy atom. The van der Waals surface area contributed by atoms with Gasteiger partial charge >= 0.3 is 0 Å². The molecule has 1 aliphatic heterocycles. The minimum Gasteiger partial charge on any atom is -0.330 e. The summed E-state index contributed by atoms with van der Waals surface area (Å²) >= 11 is 0. The predicted octanol–water partition coefficient (Wildman–Crippen LogP) is 2.17. The second kappa shape index (κ2) is 7.46. The zero-order chi connectivity index (χ0) is 13.6. The third kappa shape index (κ3) is 5.68. The number of nitrogens with two attached hydrogens (primary N) is 1. The van der Waals surface area contributed by atoms with Gasteiger partial charge in [-0.05, 0) is 51.6 Å². The lowest BCUT2D eigenvalue weighted by Crippen LogP contribution is -2.49. The average molecular weight is 255 g/mol. The lowest BCUT2D eigenvalue weighted by Gasteiger charge is -2.37. The van der Waals surface area contributed by atoms with Gasteiger partial charge in [0.05, 0.1) is 0 Å². The summed E-state index contributed by atoms with van der Waals surface area (Å²) in [5, 5.41) is 0. The van der Waals surface area contributed by atoms with Crippen molar-refractivity contribution in [1.82, 2.24) is 9.80 Å². The Hall–Kier alpha value is -0.120. The molecule has 1 aliphatic rings. The zero-order valence-electron chi connectivity index (χ0n) is 12.9. The molecule has 1 saturated heterocycles. The van der Waals surface area contributed by atoms with Crippen molar-refractivity contribution in [3.8, 4) is 0 Å². The highest BCUT2D eigenvalue weighted by atomic mass is 15.3. The van der Waals surface area contributed by atoms with Crippen molar-refractivity contribution in [3.63, 3.8) is 0 Å². The predicted molar refractivity (Wildman–Crippen MR) is 79.8 cm³/mol. The minimum absolute atomic E-state index is 0.425. The number of rotatable bonds is 7. The van der Waals surface area contributed by atoms with E-state index in [1.165, 1.54) is 45.6 Å². The first-order valence-corrected chi connectivity index (χ1v) is 7.61. The Labute approximate surface area is 114 Å². The van der Waals surface area contributed by atoms with Gasteiger partial charge < -0.3 is 10.6 Å². The molecule has 3 heteroatoms. The summed E-state index contributed by atoms with van der Waals surface area (Å²) in [5.74, 6) is 0. The number of hydrogen-bond acceptors (Lipinski definition) is 3. The molecule has 0 bridgehead atoms. The van der Waals surface area contributed by atoms with Crippen LogP contribution in [-0.2, 0) is 0 Å². The van der Waals surface area contributed by atoms with Crippen LogP contribution in [0.15, 0.2) is 0 Å². The summed E-state index contributed by atoms with van der Waals surface area (Å²) in [5.41, 5.74) is 6.08. The van der Waals surface area contributed by atoms with Gasteiger partial charge in [-0.1, -0.05) is 13.8 Å². The highest BCUT2D eigenvalue weighted by Gasteiger charge is 2.20. The van der Waals surface area contributed by atoms with Crippen LogP contribution in [-0.4, -0.2) is 55.1 Å². The number of hydrogen-bond donors (Lipinski definition) is 1. The molecule has 108 valence electrons. The molecule has 1 heterocycles. The fourth-order valence-electron chi connectivity index (χ4n) is 2.80. The van der Waals surface area contributed by atoms with Gasteiger partial charge in [0.25, 0.3) is 0 Å². The largest absolute Gasteiger partial charge is 0.330 e. The van der Waals surface area contributed by atoms with Crippen molar-refractivity contribution in [1.29, 1.82) is 0 Å². The standard InChI is InChI=1S/C15H33N3/c1-14(2)18-12-10-17(11-13-18)9-5-6-15(3,4)7-8-16/h14H,5-13,16H2,1-4H3. The maximum absolute atomic E-state index is 5.66. The molecule has 0 amide bonds. The number of nitrogens with zero attached hydrogens (tertiary/aromatic N) is 2. The summed E-state index contributed by atoms with van der Waals surface area (Å²) in [6, 6.07) is 0.704. The van der Waals surface area contributed by atoms with Crippen molar-refractivity contribution in [3.05, 3.63) is 0 Å². The van der Waals surface area contributed by atoms with Crippen LogP contribution < -0.4 is 5.73 Å². The third-order valence-electron chi connectivity index (χ3n) is 4.29. The monoisotopic (exact) mass is 255 g/mol. The van der Waals surface area contributed by atoms with Crippen LogP contribution in [0.2, 0.25) is 0 Å². The molecule has 0 aromatic rings. The minimum atomic E-state index is 0.425. The third-order valence-corrected chi connectivity index (χ3v) is 4.29. The van der Waals surface area contributed by atoms with Crippen LogP contribution >= 0.6 is 0 Å². The molecular weight excluding hydrogens is 222 g/mol. The molecule has 0 aliphatic carbocycles. The molecule has 2 N–H and O–H groups in total. The van der Waals surface area contributed by atoms with Crippen LogP contribution in [0.5, 0.6) is 0 Å². The molecule has 0 saturated carbocycles.